The third-order valence-corrected chi connectivity index (χ3v) is 5.93. The van der Waals surface area contributed by atoms with Gasteiger partial charge in [0.15, 0.2) is 5.96 Å². The van der Waals surface area contributed by atoms with E-state index in [2.05, 4.69) is 52.4 Å². The number of carbonyl (C=O) groups is 1. The highest BCUT2D eigenvalue weighted by Crippen LogP contribution is 2.25. The zero-order chi connectivity index (χ0) is 21.6. The van der Waals surface area contributed by atoms with Crippen LogP contribution in [0.25, 0.3) is 0 Å². The van der Waals surface area contributed by atoms with Crippen LogP contribution in [0, 0.1) is 0 Å². The van der Waals surface area contributed by atoms with E-state index >= 15 is 0 Å². The number of guanidine groups is 1. The highest BCUT2D eigenvalue weighted by atomic mass is 127. The number of benzene rings is 2. The van der Waals surface area contributed by atoms with Gasteiger partial charge in [0.2, 0.25) is 5.91 Å². The zero-order valence-electron chi connectivity index (χ0n) is 18.4. The molecule has 0 radical (unpaired) electrons. The average molecular weight is 549 g/mol. The van der Waals surface area contributed by atoms with E-state index in [1.807, 2.05) is 12.1 Å². The molecule has 0 spiro atoms. The molecular weight excluding hydrogens is 517 g/mol. The number of nitrogens with two attached hydrogens (primary N) is 1. The van der Waals surface area contributed by atoms with Crippen LogP contribution in [0.2, 0.25) is 0 Å². The molecular formula is C24H32IN5O2. The molecule has 2 aliphatic heterocycles. The number of aliphatic imine (C=N–C) groups is 1. The summed E-state index contributed by atoms with van der Waals surface area (Å²) in [5, 5.41) is 3.43. The molecule has 4 rings (SSSR count). The Hall–Kier alpha value is -2.17. The van der Waals surface area contributed by atoms with Crippen molar-refractivity contribution in [2.24, 2.45) is 10.7 Å². The van der Waals surface area contributed by atoms with Crippen molar-refractivity contribution in [1.82, 2.24) is 15.1 Å². The van der Waals surface area contributed by atoms with E-state index in [4.69, 9.17) is 15.5 Å². The van der Waals surface area contributed by atoms with Crippen LogP contribution >= 0.6 is 24.0 Å². The van der Waals surface area contributed by atoms with Crippen LogP contribution in [0.5, 0.6) is 0 Å². The standard InChI is InChI=1S/C24H31N5O2.HI/c1-2-26-24(27-14-18-8-10-20(11-9-18)23(25)30)29-16-21-22(17-29)31-13-12-28(21)15-19-6-4-3-5-7-19;/h3-11,21-22H,2,12-17H2,1H3,(H2,25,30)(H,26,27);1H. The molecule has 2 unspecified atom stereocenters. The lowest BCUT2D eigenvalue weighted by atomic mass is 10.1. The van der Waals surface area contributed by atoms with Gasteiger partial charge in [-0.1, -0.05) is 42.5 Å². The maximum Gasteiger partial charge on any atom is 0.248 e. The van der Waals surface area contributed by atoms with Gasteiger partial charge in [0.25, 0.3) is 0 Å². The van der Waals surface area contributed by atoms with Gasteiger partial charge >= 0.3 is 0 Å². The number of carbonyl (C=O) groups excluding carboxylic acids is 1. The molecule has 1 amide bonds. The number of morpholine rings is 1. The van der Waals surface area contributed by atoms with Crippen LogP contribution in [0.1, 0.15) is 28.4 Å². The fourth-order valence-electron chi connectivity index (χ4n) is 4.31. The molecule has 2 heterocycles. The Morgan fingerprint density at radius 3 is 2.56 bits per heavy atom. The molecule has 2 saturated heterocycles. The summed E-state index contributed by atoms with van der Waals surface area (Å²) in [5.74, 6) is 0.488. The number of primary amides is 1. The predicted molar refractivity (Wildman–Crippen MR) is 137 cm³/mol. The molecule has 7 nitrogen and oxygen atoms in total. The number of fused-ring (bicyclic) bond motifs is 1. The molecule has 2 fully saturated rings. The first-order chi connectivity index (χ1) is 15.1. The highest BCUT2D eigenvalue weighted by molar-refractivity contribution is 14.0. The zero-order valence-corrected chi connectivity index (χ0v) is 20.8. The monoisotopic (exact) mass is 549 g/mol. The lowest BCUT2D eigenvalue weighted by Crippen LogP contribution is -2.50. The van der Waals surface area contributed by atoms with Gasteiger partial charge in [0.1, 0.15) is 0 Å². The van der Waals surface area contributed by atoms with Crippen LogP contribution < -0.4 is 11.1 Å². The van der Waals surface area contributed by atoms with Crippen molar-refractivity contribution in [2.45, 2.75) is 32.2 Å². The highest BCUT2D eigenvalue weighted by Gasteiger charge is 2.41. The molecule has 32 heavy (non-hydrogen) atoms. The first-order valence-corrected chi connectivity index (χ1v) is 11.0. The summed E-state index contributed by atoms with van der Waals surface area (Å²) < 4.78 is 6.12. The van der Waals surface area contributed by atoms with Gasteiger partial charge < -0.3 is 20.7 Å². The average Bonchev–Trinajstić information content (AvgIpc) is 3.23. The van der Waals surface area contributed by atoms with Crippen LogP contribution in [-0.4, -0.2) is 66.6 Å². The fourth-order valence-corrected chi connectivity index (χ4v) is 4.31. The molecule has 2 aliphatic rings. The number of nitrogens with zero attached hydrogens (tertiary/aromatic N) is 3. The maximum absolute atomic E-state index is 11.3. The van der Waals surface area contributed by atoms with Crippen molar-refractivity contribution in [3.05, 3.63) is 71.3 Å². The summed E-state index contributed by atoms with van der Waals surface area (Å²) in [7, 11) is 0. The first kappa shape index (κ1) is 24.5. The SMILES string of the molecule is CCNC(=NCc1ccc(C(N)=O)cc1)N1CC2OCCN(Cc3ccccc3)C2C1.I. The molecule has 0 bridgehead atoms. The van der Waals surface area contributed by atoms with Crippen molar-refractivity contribution in [3.63, 3.8) is 0 Å². The van der Waals surface area contributed by atoms with Crippen LogP contribution in [0.4, 0.5) is 0 Å². The Bertz CT molecular complexity index is 906. The van der Waals surface area contributed by atoms with Gasteiger partial charge in [0, 0.05) is 38.3 Å². The Morgan fingerprint density at radius 2 is 1.88 bits per heavy atom. The second-order valence-corrected chi connectivity index (χ2v) is 8.07. The third kappa shape index (κ3) is 5.99. The number of halogens is 1. The number of hydrogen-bond acceptors (Lipinski definition) is 4. The van der Waals surface area contributed by atoms with Gasteiger partial charge in [-0.15, -0.1) is 24.0 Å². The molecule has 2 aromatic rings. The number of nitrogens with one attached hydrogen (secondary N) is 1. The normalized spacial score (nSPS) is 21.0. The van der Waals surface area contributed by atoms with Gasteiger partial charge in [-0.2, -0.15) is 0 Å². The van der Waals surface area contributed by atoms with Gasteiger partial charge in [0.05, 0.1) is 25.3 Å². The Labute approximate surface area is 207 Å². The summed E-state index contributed by atoms with van der Waals surface area (Å²) in [6, 6.07) is 18.3. The van der Waals surface area contributed by atoms with Crippen molar-refractivity contribution < 1.29 is 9.53 Å². The van der Waals surface area contributed by atoms with Crippen LogP contribution in [0.15, 0.2) is 59.6 Å². The van der Waals surface area contributed by atoms with Crippen LogP contribution in [-0.2, 0) is 17.8 Å². The molecule has 2 aromatic carbocycles. The number of rotatable bonds is 6. The number of likely N-dealkylation sites (tertiary alicyclic amines) is 1. The van der Waals surface area contributed by atoms with Crippen molar-refractivity contribution >= 4 is 35.8 Å². The Kier molecular flexibility index (Phi) is 8.89. The van der Waals surface area contributed by atoms with E-state index in [9.17, 15) is 4.79 Å². The van der Waals surface area contributed by atoms with E-state index in [0.29, 0.717) is 18.2 Å². The first-order valence-electron chi connectivity index (χ1n) is 11.0. The topological polar surface area (TPSA) is 83.2 Å². The molecule has 8 heteroatoms. The second kappa shape index (κ2) is 11.6. The summed E-state index contributed by atoms with van der Waals surface area (Å²) >= 11 is 0. The largest absolute Gasteiger partial charge is 0.373 e. The Morgan fingerprint density at radius 1 is 1.12 bits per heavy atom. The predicted octanol–water partition coefficient (Wildman–Crippen LogP) is 2.45. The van der Waals surface area contributed by atoms with Crippen molar-refractivity contribution in [2.75, 3.05) is 32.8 Å². The second-order valence-electron chi connectivity index (χ2n) is 8.07. The van der Waals surface area contributed by atoms with Crippen molar-refractivity contribution in [1.29, 1.82) is 0 Å². The molecule has 0 saturated carbocycles. The third-order valence-electron chi connectivity index (χ3n) is 5.93. The molecule has 172 valence electrons. The number of ether oxygens (including phenoxy) is 1. The number of hydrogen-bond donors (Lipinski definition) is 2. The lowest BCUT2D eigenvalue weighted by molar-refractivity contribution is -0.0502. The maximum atomic E-state index is 11.3. The van der Waals surface area contributed by atoms with E-state index in [-0.39, 0.29) is 30.1 Å². The minimum atomic E-state index is -0.414. The molecule has 0 aromatic heterocycles. The molecule has 3 N–H and O–H groups in total. The molecule has 0 aliphatic carbocycles. The Balaban J connectivity index is 0.00000289. The van der Waals surface area contributed by atoms with Gasteiger partial charge in [-0.05, 0) is 30.2 Å². The van der Waals surface area contributed by atoms with E-state index in [0.717, 1.165) is 50.9 Å². The lowest BCUT2D eigenvalue weighted by Gasteiger charge is -2.36. The van der Waals surface area contributed by atoms with Gasteiger partial charge in [-0.3, -0.25) is 9.69 Å². The summed E-state index contributed by atoms with van der Waals surface area (Å²) in [4.78, 5) is 21.0. The minimum Gasteiger partial charge on any atom is -0.373 e. The fraction of sp³-hybridized carbons (Fsp3) is 0.417. The van der Waals surface area contributed by atoms with E-state index in [1.165, 1.54) is 5.56 Å². The number of amides is 1. The quantitative estimate of drug-likeness (QED) is 0.329. The van der Waals surface area contributed by atoms with Crippen molar-refractivity contribution in [3.8, 4) is 0 Å². The summed E-state index contributed by atoms with van der Waals surface area (Å²) in [6.07, 6.45) is 0.191. The van der Waals surface area contributed by atoms with Crippen LogP contribution in [0.3, 0.4) is 0 Å². The molecule has 2 atom stereocenters. The van der Waals surface area contributed by atoms with Gasteiger partial charge in [-0.25, -0.2) is 4.99 Å². The summed E-state index contributed by atoms with van der Waals surface area (Å²) in [6.45, 7) is 7.82. The van der Waals surface area contributed by atoms with E-state index < -0.39 is 5.91 Å². The minimum absolute atomic E-state index is 0. The smallest absolute Gasteiger partial charge is 0.248 e. The summed E-state index contributed by atoms with van der Waals surface area (Å²) in [5.41, 5.74) is 8.21. The van der Waals surface area contributed by atoms with E-state index in [1.54, 1.807) is 12.1 Å².